The summed E-state index contributed by atoms with van der Waals surface area (Å²) in [7, 11) is 1.62. The molecule has 0 fully saturated rings. The summed E-state index contributed by atoms with van der Waals surface area (Å²) in [5.74, 6) is 2.09. The van der Waals surface area contributed by atoms with E-state index < -0.39 is 6.10 Å². The van der Waals surface area contributed by atoms with E-state index in [4.69, 9.17) is 14.2 Å². The van der Waals surface area contributed by atoms with E-state index in [9.17, 15) is 4.79 Å². The van der Waals surface area contributed by atoms with Gasteiger partial charge in [0.1, 0.15) is 23.9 Å². The lowest BCUT2D eigenvalue weighted by atomic mass is 10.1. The first-order valence-corrected chi connectivity index (χ1v) is 9.23. The van der Waals surface area contributed by atoms with Crippen molar-refractivity contribution in [3.05, 3.63) is 53.6 Å². The van der Waals surface area contributed by atoms with Crippen molar-refractivity contribution in [1.82, 2.24) is 5.32 Å². The molecule has 5 nitrogen and oxygen atoms in total. The summed E-state index contributed by atoms with van der Waals surface area (Å²) in [4.78, 5) is 12.5. The van der Waals surface area contributed by atoms with Gasteiger partial charge in [-0.05, 0) is 74.7 Å². The number of rotatable bonds is 9. The third-order valence-electron chi connectivity index (χ3n) is 4.08. The highest BCUT2D eigenvalue weighted by Crippen LogP contribution is 2.19. The van der Waals surface area contributed by atoms with Gasteiger partial charge in [0.25, 0.3) is 5.91 Å². The van der Waals surface area contributed by atoms with E-state index in [1.54, 1.807) is 7.11 Å². The maximum absolute atomic E-state index is 12.5. The third-order valence-corrected chi connectivity index (χ3v) is 4.08. The smallest absolute Gasteiger partial charge is 0.261 e. The topological polar surface area (TPSA) is 56.8 Å². The van der Waals surface area contributed by atoms with Crippen LogP contribution in [-0.2, 0) is 4.79 Å². The summed E-state index contributed by atoms with van der Waals surface area (Å²) < 4.78 is 16.8. The molecular formula is C22H29NO4. The molecule has 1 amide bonds. The Morgan fingerprint density at radius 1 is 1.00 bits per heavy atom. The van der Waals surface area contributed by atoms with Gasteiger partial charge in [-0.25, -0.2) is 0 Å². The maximum Gasteiger partial charge on any atom is 0.261 e. The minimum Gasteiger partial charge on any atom is -0.497 e. The van der Waals surface area contributed by atoms with E-state index in [-0.39, 0.29) is 11.9 Å². The fourth-order valence-corrected chi connectivity index (χ4v) is 2.76. The molecule has 5 heteroatoms. The zero-order chi connectivity index (χ0) is 19.8. The van der Waals surface area contributed by atoms with Crippen LogP contribution in [0.4, 0.5) is 0 Å². The predicted molar refractivity (Wildman–Crippen MR) is 107 cm³/mol. The zero-order valence-corrected chi connectivity index (χ0v) is 16.7. The van der Waals surface area contributed by atoms with Gasteiger partial charge in [-0.15, -0.1) is 0 Å². The number of amides is 1. The summed E-state index contributed by atoms with van der Waals surface area (Å²) in [5.41, 5.74) is 2.23. The van der Waals surface area contributed by atoms with Gasteiger partial charge in [0.15, 0.2) is 6.10 Å². The number of aryl methyl sites for hydroxylation is 2. The lowest BCUT2D eigenvalue weighted by molar-refractivity contribution is -0.128. The molecule has 0 aromatic heterocycles. The number of carbonyl (C=O) groups is 1. The molecule has 0 saturated carbocycles. The molecule has 0 saturated heterocycles. The summed E-state index contributed by atoms with van der Waals surface area (Å²) >= 11 is 0. The van der Waals surface area contributed by atoms with Crippen molar-refractivity contribution < 1.29 is 19.0 Å². The monoisotopic (exact) mass is 371 g/mol. The lowest BCUT2D eigenvalue weighted by Crippen LogP contribution is -2.44. The van der Waals surface area contributed by atoms with Crippen LogP contribution in [0.2, 0.25) is 0 Å². The van der Waals surface area contributed by atoms with E-state index in [0.29, 0.717) is 13.0 Å². The van der Waals surface area contributed by atoms with Crippen molar-refractivity contribution in [2.75, 3.05) is 13.7 Å². The quantitative estimate of drug-likeness (QED) is 0.722. The van der Waals surface area contributed by atoms with Crippen LogP contribution in [0, 0.1) is 13.8 Å². The summed E-state index contributed by atoms with van der Waals surface area (Å²) in [6, 6.07) is 13.2. The molecule has 1 N–H and O–H groups in total. The van der Waals surface area contributed by atoms with E-state index in [0.717, 1.165) is 28.4 Å². The second-order valence-electron chi connectivity index (χ2n) is 6.73. The average Bonchev–Trinajstić information content (AvgIpc) is 2.64. The van der Waals surface area contributed by atoms with Gasteiger partial charge >= 0.3 is 0 Å². The predicted octanol–water partition coefficient (Wildman–Crippen LogP) is 4.05. The fourth-order valence-electron chi connectivity index (χ4n) is 2.76. The van der Waals surface area contributed by atoms with Crippen LogP contribution in [0.3, 0.4) is 0 Å². The highest BCUT2D eigenvalue weighted by molar-refractivity contribution is 5.81. The first kappa shape index (κ1) is 20.6. The van der Waals surface area contributed by atoms with Crippen LogP contribution in [-0.4, -0.2) is 31.8 Å². The largest absolute Gasteiger partial charge is 0.497 e. The first-order chi connectivity index (χ1) is 12.9. The Kier molecular flexibility index (Phi) is 7.53. The summed E-state index contributed by atoms with van der Waals surface area (Å²) in [6.45, 7) is 8.24. The fraction of sp³-hybridized carbons (Fsp3) is 0.409. The standard InChI is InChI=1S/C22H29NO4/c1-6-21(27-20-12-15(2)11-16(3)13-20)22(24)23-17(4)14-26-19-9-7-18(25-5)8-10-19/h7-13,17,21H,6,14H2,1-5H3,(H,23,24)/t17-,21-/m0/s1. The molecule has 146 valence electrons. The molecular weight excluding hydrogens is 342 g/mol. The Balaban J connectivity index is 1.86. The third kappa shape index (κ3) is 6.51. The highest BCUT2D eigenvalue weighted by atomic mass is 16.5. The lowest BCUT2D eigenvalue weighted by Gasteiger charge is -2.21. The Labute approximate surface area is 161 Å². The molecule has 0 heterocycles. The van der Waals surface area contributed by atoms with Crippen molar-refractivity contribution in [3.63, 3.8) is 0 Å². The van der Waals surface area contributed by atoms with Gasteiger partial charge < -0.3 is 19.5 Å². The first-order valence-electron chi connectivity index (χ1n) is 9.23. The van der Waals surface area contributed by atoms with Crippen LogP contribution in [0.1, 0.15) is 31.4 Å². The number of ether oxygens (including phenoxy) is 3. The number of hydrogen-bond acceptors (Lipinski definition) is 4. The van der Waals surface area contributed by atoms with Crippen LogP contribution in [0.15, 0.2) is 42.5 Å². The Hall–Kier alpha value is -2.69. The number of benzene rings is 2. The second-order valence-corrected chi connectivity index (χ2v) is 6.73. The molecule has 0 unspecified atom stereocenters. The molecule has 2 aromatic carbocycles. The molecule has 0 spiro atoms. The molecule has 2 rings (SSSR count). The molecule has 2 atom stereocenters. The molecule has 0 aliphatic rings. The molecule has 0 aliphatic carbocycles. The van der Waals surface area contributed by atoms with Crippen molar-refractivity contribution in [2.45, 2.75) is 46.3 Å². The van der Waals surface area contributed by atoms with Crippen LogP contribution in [0.5, 0.6) is 17.2 Å². The van der Waals surface area contributed by atoms with Gasteiger partial charge in [-0.1, -0.05) is 13.0 Å². The van der Waals surface area contributed by atoms with Crippen molar-refractivity contribution in [2.24, 2.45) is 0 Å². The van der Waals surface area contributed by atoms with E-state index in [1.165, 1.54) is 0 Å². The zero-order valence-electron chi connectivity index (χ0n) is 16.7. The molecule has 0 bridgehead atoms. The molecule has 2 aromatic rings. The minimum absolute atomic E-state index is 0.137. The van der Waals surface area contributed by atoms with Crippen LogP contribution >= 0.6 is 0 Å². The minimum atomic E-state index is -0.533. The maximum atomic E-state index is 12.5. The summed E-state index contributed by atoms with van der Waals surface area (Å²) in [5, 5.41) is 2.96. The molecule has 0 aliphatic heterocycles. The number of methoxy groups -OCH3 is 1. The second kappa shape index (κ2) is 9.86. The van der Waals surface area contributed by atoms with Gasteiger partial charge in [-0.3, -0.25) is 4.79 Å². The van der Waals surface area contributed by atoms with E-state index >= 15 is 0 Å². The van der Waals surface area contributed by atoms with Gasteiger partial charge in [-0.2, -0.15) is 0 Å². The van der Waals surface area contributed by atoms with Gasteiger partial charge in [0, 0.05) is 0 Å². The van der Waals surface area contributed by atoms with Crippen molar-refractivity contribution >= 4 is 5.91 Å². The Morgan fingerprint density at radius 2 is 1.59 bits per heavy atom. The van der Waals surface area contributed by atoms with Crippen LogP contribution < -0.4 is 19.5 Å². The average molecular weight is 371 g/mol. The van der Waals surface area contributed by atoms with Crippen LogP contribution in [0.25, 0.3) is 0 Å². The Morgan fingerprint density at radius 3 is 2.15 bits per heavy atom. The molecule has 27 heavy (non-hydrogen) atoms. The van der Waals surface area contributed by atoms with Crippen molar-refractivity contribution in [1.29, 1.82) is 0 Å². The number of carbonyl (C=O) groups excluding carboxylic acids is 1. The molecule has 0 radical (unpaired) electrons. The number of nitrogens with one attached hydrogen (secondary N) is 1. The van der Waals surface area contributed by atoms with E-state index in [2.05, 4.69) is 11.4 Å². The van der Waals surface area contributed by atoms with E-state index in [1.807, 2.05) is 64.1 Å². The van der Waals surface area contributed by atoms with Gasteiger partial charge in [0.2, 0.25) is 0 Å². The Bertz CT molecular complexity index is 722. The highest BCUT2D eigenvalue weighted by Gasteiger charge is 2.20. The van der Waals surface area contributed by atoms with Crippen molar-refractivity contribution in [3.8, 4) is 17.2 Å². The number of hydrogen-bond donors (Lipinski definition) is 1. The van der Waals surface area contributed by atoms with Gasteiger partial charge in [0.05, 0.1) is 13.2 Å². The SMILES string of the molecule is CC[C@H](Oc1cc(C)cc(C)c1)C(=O)N[C@@H](C)COc1ccc(OC)cc1. The normalized spacial score (nSPS) is 12.8. The summed E-state index contributed by atoms with van der Waals surface area (Å²) in [6.07, 6.45) is 0.0554.